The van der Waals surface area contributed by atoms with Crippen molar-refractivity contribution < 1.29 is 9.90 Å². The molecular formula is C16H23NO2. The largest absolute Gasteiger partial charge is 0.481 e. The third-order valence-corrected chi connectivity index (χ3v) is 4.09. The molecule has 104 valence electrons. The molecule has 2 rings (SSSR count). The maximum atomic E-state index is 11.2. The monoisotopic (exact) mass is 261 g/mol. The summed E-state index contributed by atoms with van der Waals surface area (Å²) in [6, 6.07) is 8.03. The summed E-state index contributed by atoms with van der Waals surface area (Å²) >= 11 is 0. The zero-order valence-corrected chi connectivity index (χ0v) is 11.9. The lowest BCUT2D eigenvalue weighted by Gasteiger charge is -2.25. The van der Waals surface area contributed by atoms with Gasteiger partial charge in [0.2, 0.25) is 0 Å². The molecule has 1 N–H and O–H groups in total. The molecule has 1 saturated heterocycles. The fourth-order valence-corrected chi connectivity index (χ4v) is 2.54. The van der Waals surface area contributed by atoms with E-state index in [2.05, 4.69) is 17.0 Å². The maximum Gasteiger partial charge on any atom is 0.313 e. The van der Waals surface area contributed by atoms with E-state index in [1.165, 1.54) is 31.4 Å². The molecule has 19 heavy (non-hydrogen) atoms. The van der Waals surface area contributed by atoms with Gasteiger partial charge in [-0.05, 0) is 44.4 Å². The number of hydrogen-bond donors (Lipinski definition) is 1. The van der Waals surface area contributed by atoms with E-state index in [0.717, 1.165) is 18.7 Å². The minimum absolute atomic E-state index is 0.782. The second-order valence-electron chi connectivity index (χ2n) is 5.88. The summed E-state index contributed by atoms with van der Waals surface area (Å²) in [6.07, 6.45) is 5.14. The van der Waals surface area contributed by atoms with Crippen LogP contribution in [0.3, 0.4) is 0 Å². The van der Waals surface area contributed by atoms with E-state index < -0.39 is 11.4 Å². The summed E-state index contributed by atoms with van der Waals surface area (Å²) in [5.74, 6) is -0.782. The summed E-state index contributed by atoms with van der Waals surface area (Å²) in [7, 11) is 0. The van der Waals surface area contributed by atoms with Crippen LogP contribution < -0.4 is 4.90 Å². The van der Waals surface area contributed by atoms with Crippen molar-refractivity contribution in [2.75, 3.05) is 18.0 Å². The lowest BCUT2D eigenvalue weighted by molar-refractivity contribution is -0.142. The molecule has 1 heterocycles. The number of carboxylic acid groups (broad SMARTS) is 1. The van der Waals surface area contributed by atoms with Gasteiger partial charge in [0.25, 0.3) is 0 Å². The van der Waals surface area contributed by atoms with Gasteiger partial charge in [0, 0.05) is 18.8 Å². The van der Waals surface area contributed by atoms with Gasteiger partial charge in [0.15, 0.2) is 0 Å². The van der Waals surface area contributed by atoms with Crippen molar-refractivity contribution in [2.24, 2.45) is 0 Å². The number of aliphatic carboxylic acids is 1. The molecule has 1 aliphatic heterocycles. The Morgan fingerprint density at radius 2 is 1.58 bits per heavy atom. The SMILES string of the molecule is CC(C)(C(=O)O)c1ccc(N2CCCCCC2)cc1. The first-order valence-corrected chi connectivity index (χ1v) is 7.11. The molecule has 3 heteroatoms. The Balaban J connectivity index is 2.16. The molecule has 0 atom stereocenters. The van der Waals surface area contributed by atoms with E-state index in [0.29, 0.717) is 0 Å². The highest BCUT2D eigenvalue weighted by Gasteiger charge is 2.29. The summed E-state index contributed by atoms with van der Waals surface area (Å²) < 4.78 is 0. The molecule has 0 aliphatic carbocycles. The topological polar surface area (TPSA) is 40.5 Å². The molecule has 0 spiro atoms. The van der Waals surface area contributed by atoms with Crippen LogP contribution in [0.1, 0.15) is 45.1 Å². The zero-order chi connectivity index (χ0) is 13.9. The molecule has 0 unspecified atom stereocenters. The Morgan fingerprint density at radius 1 is 1.05 bits per heavy atom. The van der Waals surface area contributed by atoms with Crippen LogP contribution in [-0.4, -0.2) is 24.2 Å². The molecule has 1 aliphatic rings. The highest BCUT2D eigenvalue weighted by molar-refractivity contribution is 5.80. The Morgan fingerprint density at radius 3 is 2.05 bits per heavy atom. The molecular weight excluding hydrogens is 238 g/mol. The molecule has 0 saturated carbocycles. The fourth-order valence-electron chi connectivity index (χ4n) is 2.54. The van der Waals surface area contributed by atoms with E-state index in [1.807, 2.05) is 12.1 Å². The van der Waals surface area contributed by atoms with Crippen LogP contribution in [0.15, 0.2) is 24.3 Å². The lowest BCUT2D eigenvalue weighted by Crippen LogP contribution is -2.29. The van der Waals surface area contributed by atoms with E-state index in [1.54, 1.807) is 13.8 Å². The standard InChI is InChI=1S/C16H23NO2/c1-16(2,15(18)19)13-7-9-14(10-8-13)17-11-5-3-4-6-12-17/h7-10H,3-6,11-12H2,1-2H3,(H,18,19). The number of benzene rings is 1. The molecule has 1 fully saturated rings. The van der Waals surface area contributed by atoms with Crippen LogP contribution in [-0.2, 0) is 10.2 Å². The number of nitrogens with zero attached hydrogens (tertiary/aromatic N) is 1. The molecule has 1 aromatic rings. The quantitative estimate of drug-likeness (QED) is 0.906. The van der Waals surface area contributed by atoms with Gasteiger partial charge in [-0.15, -0.1) is 0 Å². The van der Waals surface area contributed by atoms with Crippen LogP contribution >= 0.6 is 0 Å². The van der Waals surface area contributed by atoms with E-state index in [9.17, 15) is 9.90 Å². The average Bonchev–Trinajstić information content (AvgIpc) is 2.67. The molecule has 0 radical (unpaired) electrons. The Kier molecular flexibility index (Phi) is 4.13. The van der Waals surface area contributed by atoms with Gasteiger partial charge in [-0.3, -0.25) is 4.79 Å². The van der Waals surface area contributed by atoms with Crippen LogP contribution in [0.5, 0.6) is 0 Å². The van der Waals surface area contributed by atoms with Crippen molar-refractivity contribution in [3.8, 4) is 0 Å². The van der Waals surface area contributed by atoms with E-state index >= 15 is 0 Å². The Labute approximate surface area is 115 Å². The number of anilines is 1. The van der Waals surface area contributed by atoms with Gasteiger partial charge in [-0.1, -0.05) is 25.0 Å². The zero-order valence-electron chi connectivity index (χ0n) is 11.9. The van der Waals surface area contributed by atoms with Gasteiger partial charge in [-0.2, -0.15) is 0 Å². The highest BCUT2D eigenvalue weighted by atomic mass is 16.4. The first-order chi connectivity index (χ1) is 9.01. The van der Waals surface area contributed by atoms with Crippen LogP contribution in [0.2, 0.25) is 0 Å². The van der Waals surface area contributed by atoms with Crippen LogP contribution in [0.4, 0.5) is 5.69 Å². The fraction of sp³-hybridized carbons (Fsp3) is 0.562. The smallest absolute Gasteiger partial charge is 0.313 e. The number of hydrogen-bond acceptors (Lipinski definition) is 2. The van der Waals surface area contributed by atoms with Crippen molar-refractivity contribution >= 4 is 11.7 Å². The van der Waals surface area contributed by atoms with Crippen LogP contribution in [0, 0.1) is 0 Å². The highest BCUT2D eigenvalue weighted by Crippen LogP contribution is 2.27. The maximum absolute atomic E-state index is 11.2. The van der Waals surface area contributed by atoms with Crippen molar-refractivity contribution in [3.63, 3.8) is 0 Å². The average molecular weight is 261 g/mol. The number of rotatable bonds is 3. The molecule has 1 aromatic carbocycles. The third-order valence-electron chi connectivity index (χ3n) is 4.09. The predicted molar refractivity (Wildman–Crippen MR) is 77.8 cm³/mol. The van der Waals surface area contributed by atoms with Gasteiger partial charge in [-0.25, -0.2) is 0 Å². The first kappa shape index (κ1) is 13.9. The first-order valence-electron chi connectivity index (χ1n) is 7.11. The lowest BCUT2D eigenvalue weighted by atomic mass is 9.85. The van der Waals surface area contributed by atoms with Gasteiger partial charge >= 0.3 is 5.97 Å². The molecule has 0 bridgehead atoms. The van der Waals surface area contributed by atoms with Crippen molar-refractivity contribution in [3.05, 3.63) is 29.8 Å². The van der Waals surface area contributed by atoms with Gasteiger partial charge in [0.1, 0.15) is 0 Å². The predicted octanol–water partition coefficient (Wildman–Crippen LogP) is 3.43. The summed E-state index contributed by atoms with van der Waals surface area (Å²) in [5, 5.41) is 9.24. The number of carbonyl (C=O) groups is 1. The van der Waals surface area contributed by atoms with Gasteiger partial charge < -0.3 is 10.0 Å². The minimum Gasteiger partial charge on any atom is -0.481 e. The van der Waals surface area contributed by atoms with Crippen molar-refractivity contribution in [2.45, 2.75) is 44.9 Å². The van der Waals surface area contributed by atoms with Gasteiger partial charge in [0.05, 0.1) is 5.41 Å². The van der Waals surface area contributed by atoms with Crippen molar-refractivity contribution in [1.82, 2.24) is 0 Å². The van der Waals surface area contributed by atoms with E-state index in [4.69, 9.17) is 0 Å². The molecule has 0 amide bonds. The summed E-state index contributed by atoms with van der Waals surface area (Å²) in [4.78, 5) is 13.7. The summed E-state index contributed by atoms with van der Waals surface area (Å²) in [6.45, 7) is 5.72. The van der Waals surface area contributed by atoms with E-state index in [-0.39, 0.29) is 0 Å². The normalized spacial score (nSPS) is 17.1. The third kappa shape index (κ3) is 3.09. The molecule has 3 nitrogen and oxygen atoms in total. The second-order valence-corrected chi connectivity index (χ2v) is 5.88. The summed E-state index contributed by atoms with van der Waals surface area (Å²) in [5.41, 5.74) is 1.25. The Hall–Kier alpha value is -1.51. The number of carboxylic acids is 1. The minimum atomic E-state index is -0.822. The van der Waals surface area contributed by atoms with Crippen molar-refractivity contribution in [1.29, 1.82) is 0 Å². The molecule has 0 aromatic heterocycles. The second kappa shape index (κ2) is 5.64. The Bertz CT molecular complexity index is 429. The van der Waals surface area contributed by atoms with Crippen LogP contribution in [0.25, 0.3) is 0 Å².